The van der Waals surface area contributed by atoms with Crippen LogP contribution in [0.4, 0.5) is 0 Å². The molecule has 5 nitrogen and oxygen atoms in total. The van der Waals surface area contributed by atoms with Gasteiger partial charge in [-0.15, -0.1) is 0 Å². The molecule has 15 heavy (non-hydrogen) atoms. The quantitative estimate of drug-likeness (QED) is 0.450. The van der Waals surface area contributed by atoms with E-state index in [1.807, 2.05) is 0 Å². The standard InChI is InChI=1S/C9H11NO4S/c11-8-4-7(9(12)10-8)6-2-1-3-15(13,14)5-6/h1-5H2,(H,10,11,12). The average Bonchev–Trinajstić information content (AvgIpc) is 2.43. The Balaban J connectivity index is 2.33. The Morgan fingerprint density at radius 3 is 2.47 bits per heavy atom. The molecule has 82 valence electrons. The van der Waals surface area contributed by atoms with Gasteiger partial charge in [0, 0.05) is 5.57 Å². The molecule has 2 fully saturated rings. The molecule has 0 bridgehead atoms. The van der Waals surface area contributed by atoms with Crippen LogP contribution in [0, 0.1) is 0 Å². The Bertz CT molecular complexity index is 461. The molecule has 0 atom stereocenters. The molecule has 0 aromatic carbocycles. The van der Waals surface area contributed by atoms with Crippen molar-refractivity contribution in [1.82, 2.24) is 5.32 Å². The second kappa shape index (κ2) is 3.44. The number of hydrogen-bond donors (Lipinski definition) is 1. The van der Waals surface area contributed by atoms with Gasteiger partial charge < -0.3 is 0 Å². The molecule has 0 spiro atoms. The van der Waals surface area contributed by atoms with E-state index in [2.05, 4.69) is 5.32 Å². The van der Waals surface area contributed by atoms with Crippen LogP contribution < -0.4 is 5.32 Å². The summed E-state index contributed by atoms with van der Waals surface area (Å²) >= 11 is 0. The Morgan fingerprint density at radius 2 is 1.93 bits per heavy atom. The number of rotatable bonds is 0. The van der Waals surface area contributed by atoms with E-state index >= 15 is 0 Å². The maximum atomic E-state index is 11.4. The Hall–Kier alpha value is -1.17. The lowest BCUT2D eigenvalue weighted by atomic mass is 10.0. The summed E-state index contributed by atoms with van der Waals surface area (Å²) in [6.07, 6.45) is 1.18. The fourth-order valence-corrected chi connectivity index (χ4v) is 3.50. The summed E-state index contributed by atoms with van der Waals surface area (Å²) in [5.74, 6) is -0.653. The summed E-state index contributed by atoms with van der Waals surface area (Å²) in [4.78, 5) is 22.3. The first kappa shape index (κ1) is 10.4. The van der Waals surface area contributed by atoms with Crippen molar-refractivity contribution in [1.29, 1.82) is 0 Å². The minimum absolute atomic E-state index is 0.0314. The van der Waals surface area contributed by atoms with Crippen LogP contribution in [0.1, 0.15) is 19.3 Å². The molecular weight excluding hydrogens is 218 g/mol. The zero-order valence-corrected chi connectivity index (χ0v) is 8.89. The van der Waals surface area contributed by atoms with Gasteiger partial charge in [0.25, 0.3) is 5.91 Å². The van der Waals surface area contributed by atoms with E-state index in [-0.39, 0.29) is 23.8 Å². The van der Waals surface area contributed by atoms with Crippen LogP contribution in [-0.4, -0.2) is 31.7 Å². The molecule has 2 rings (SSSR count). The number of carbonyl (C=O) groups is 2. The molecule has 2 heterocycles. The molecule has 2 aliphatic heterocycles. The lowest BCUT2D eigenvalue weighted by Crippen LogP contribution is -2.23. The van der Waals surface area contributed by atoms with Gasteiger partial charge >= 0.3 is 0 Å². The highest BCUT2D eigenvalue weighted by Crippen LogP contribution is 2.24. The van der Waals surface area contributed by atoms with E-state index < -0.39 is 15.7 Å². The predicted molar refractivity (Wildman–Crippen MR) is 52.7 cm³/mol. The van der Waals surface area contributed by atoms with E-state index in [4.69, 9.17) is 0 Å². The molecule has 0 aromatic rings. The highest BCUT2D eigenvalue weighted by molar-refractivity contribution is 7.91. The lowest BCUT2D eigenvalue weighted by molar-refractivity contribution is -0.124. The summed E-state index contributed by atoms with van der Waals surface area (Å²) in [7, 11) is -3.06. The fourth-order valence-electron chi connectivity index (χ4n) is 1.93. The van der Waals surface area contributed by atoms with Crippen molar-refractivity contribution in [3.05, 3.63) is 11.1 Å². The van der Waals surface area contributed by atoms with Gasteiger partial charge in [0.15, 0.2) is 9.84 Å². The third-order valence-corrected chi connectivity index (χ3v) is 4.32. The van der Waals surface area contributed by atoms with Gasteiger partial charge in [-0.3, -0.25) is 14.9 Å². The lowest BCUT2D eigenvalue weighted by Gasteiger charge is -2.15. The molecule has 2 saturated heterocycles. The molecule has 0 radical (unpaired) electrons. The maximum Gasteiger partial charge on any atom is 0.254 e. The second-order valence-electron chi connectivity index (χ2n) is 3.83. The maximum absolute atomic E-state index is 11.4. The number of nitrogens with one attached hydrogen (secondary N) is 1. The summed E-state index contributed by atoms with van der Waals surface area (Å²) in [6, 6.07) is 0. The monoisotopic (exact) mass is 229 g/mol. The van der Waals surface area contributed by atoms with Crippen molar-refractivity contribution >= 4 is 21.7 Å². The highest BCUT2D eigenvalue weighted by Gasteiger charge is 2.30. The molecule has 2 aliphatic rings. The van der Waals surface area contributed by atoms with Crippen LogP contribution in [0.15, 0.2) is 11.1 Å². The number of hydrogen-bond acceptors (Lipinski definition) is 4. The van der Waals surface area contributed by atoms with E-state index in [0.29, 0.717) is 24.0 Å². The zero-order valence-electron chi connectivity index (χ0n) is 8.08. The molecule has 6 heteroatoms. The Labute approximate surface area is 87.5 Å². The van der Waals surface area contributed by atoms with Crippen LogP contribution in [0.3, 0.4) is 0 Å². The second-order valence-corrected chi connectivity index (χ2v) is 6.02. The van der Waals surface area contributed by atoms with Gasteiger partial charge in [-0.05, 0) is 18.4 Å². The fraction of sp³-hybridized carbons (Fsp3) is 0.556. The van der Waals surface area contributed by atoms with Crippen LogP contribution in [0.2, 0.25) is 0 Å². The van der Waals surface area contributed by atoms with Crippen molar-refractivity contribution in [2.75, 3.05) is 11.5 Å². The largest absolute Gasteiger partial charge is 0.292 e. The summed E-state index contributed by atoms with van der Waals surface area (Å²) in [5.41, 5.74) is 0.980. The molecule has 0 aliphatic carbocycles. The van der Waals surface area contributed by atoms with Crippen molar-refractivity contribution in [3.63, 3.8) is 0 Å². The molecule has 0 saturated carbocycles. The molecule has 2 amide bonds. The van der Waals surface area contributed by atoms with Gasteiger partial charge in [0.2, 0.25) is 5.91 Å². The van der Waals surface area contributed by atoms with E-state index in [0.717, 1.165) is 0 Å². The number of carbonyl (C=O) groups excluding carboxylic acids is 2. The van der Waals surface area contributed by atoms with Gasteiger partial charge in [0.05, 0.1) is 17.9 Å². The van der Waals surface area contributed by atoms with E-state index in [9.17, 15) is 18.0 Å². The van der Waals surface area contributed by atoms with Crippen molar-refractivity contribution in [3.8, 4) is 0 Å². The predicted octanol–water partition coefficient (Wildman–Crippen LogP) is -0.462. The first-order valence-corrected chi connectivity index (χ1v) is 6.55. The Kier molecular flexibility index (Phi) is 2.38. The summed E-state index contributed by atoms with van der Waals surface area (Å²) in [5, 5.41) is 2.16. The van der Waals surface area contributed by atoms with Crippen molar-refractivity contribution < 1.29 is 18.0 Å². The van der Waals surface area contributed by atoms with Crippen molar-refractivity contribution in [2.45, 2.75) is 19.3 Å². The van der Waals surface area contributed by atoms with Crippen molar-refractivity contribution in [2.24, 2.45) is 0 Å². The van der Waals surface area contributed by atoms with E-state index in [1.165, 1.54) is 0 Å². The molecule has 0 aromatic heterocycles. The van der Waals surface area contributed by atoms with Crippen LogP contribution in [-0.2, 0) is 19.4 Å². The number of amides is 2. The van der Waals surface area contributed by atoms with Crippen LogP contribution >= 0.6 is 0 Å². The minimum atomic E-state index is -3.06. The van der Waals surface area contributed by atoms with Gasteiger partial charge in [0.1, 0.15) is 0 Å². The first-order chi connectivity index (χ1) is 6.98. The zero-order chi connectivity index (χ0) is 11.1. The normalized spacial score (nSPS) is 30.4. The summed E-state index contributed by atoms with van der Waals surface area (Å²) < 4.78 is 22.7. The third-order valence-electron chi connectivity index (χ3n) is 2.62. The molecule has 0 unspecified atom stereocenters. The summed E-state index contributed by atoms with van der Waals surface area (Å²) in [6.45, 7) is 0. The molecular formula is C9H11NO4S. The van der Waals surface area contributed by atoms with Gasteiger partial charge in [-0.1, -0.05) is 0 Å². The third kappa shape index (κ3) is 2.09. The minimum Gasteiger partial charge on any atom is -0.292 e. The Morgan fingerprint density at radius 1 is 1.20 bits per heavy atom. The van der Waals surface area contributed by atoms with E-state index in [1.54, 1.807) is 0 Å². The van der Waals surface area contributed by atoms with Crippen LogP contribution in [0.5, 0.6) is 0 Å². The highest BCUT2D eigenvalue weighted by atomic mass is 32.2. The first-order valence-electron chi connectivity index (χ1n) is 4.73. The number of imide groups is 1. The number of sulfone groups is 1. The topological polar surface area (TPSA) is 80.3 Å². The van der Waals surface area contributed by atoms with Gasteiger partial charge in [-0.2, -0.15) is 0 Å². The SMILES string of the molecule is O=C1CC(=C2CCCS(=O)(=O)C2)C(=O)N1. The van der Waals surface area contributed by atoms with Gasteiger partial charge in [-0.25, -0.2) is 8.42 Å². The van der Waals surface area contributed by atoms with Crippen LogP contribution in [0.25, 0.3) is 0 Å². The smallest absolute Gasteiger partial charge is 0.254 e. The molecule has 1 N–H and O–H groups in total. The average molecular weight is 229 g/mol.